The van der Waals surface area contributed by atoms with E-state index in [2.05, 4.69) is 20.4 Å². The van der Waals surface area contributed by atoms with E-state index >= 15 is 0 Å². The molecule has 1 aromatic carbocycles. The fourth-order valence-corrected chi connectivity index (χ4v) is 1.96. The van der Waals surface area contributed by atoms with Gasteiger partial charge in [-0.25, -0.2) is 0 Å². The molecule has 3 rings (SSSR count). The molecule has 6 heteroatoms. The number of aromatic nitrogens is 4. The first-order chi connectivity index (χ1) is 9.65. The van der Waals surface area contributed by atoms with E-state index in [0.29, 0.717) is 5.95 Å². The van der Waals surface area contributed by atoms with Crippen molar-refractivity contribution in [1.29, 1.82) is 0 Å². The molecule has 0 aliphatic carbocycles. The number of aryl methyl sites for hydroxylation is 1. The van der Waals surface area contributed by atoms with Crippen LogP contribution < -0.4 is 10.2 Å². The van der Waals surface area contributed by atoms with Crippen molar-refractivity contribution in [2.24, 2.45) is 7.05 Å². The Morgan fingerprint density at radius 2 is 1.85 bits per heavy atom. The second-order valence-corrected chi connectivity index (χ2v) is 4.76. The quantitative estimate of drug-likeness (QED) is 0.789. The summed E-state index contributed by atoms with van der Waals surface area (Å²) >= 11 is 0. The van der Waals surface area contributed by atoms with Crippen molar-refractivity contribution in [2.45, 2.75) is 0 Å². The van der Waals surface area contributed by atoms with Crippen LogP contribution in [0.5, 0.6) is 0 Å². The molecular weight excluding hydrogens is 252 g/mol. The summed E-state index contributed by atoms with van der Waals surface area (Å²) in [7, 11) is 5.72. The number of para-hydroxylation sites is 1. The minimum atomic E-state index is 0.652. The van der Waals surface area contributed by atoms with Crippen LogP contribution in [0, 0.1) is 0 Å². The molecule has 2 aromatic heterocycles. The van der Waals surface area contributed by atoms with Crippen LogP contribution in [0.1, 0.15) is 0 Å². The summed E-state index contributed by atoms with van der Waals surface area (Å²) in [6.45, 7) is 0. The third kappa shape index (κ3) is 2.16. The average Bonchev–Trinajstić information content (AvgIpc) is 2.82. The molecule has 0 aliphatic rings. The summed E-state index contributed by atoms with van der Waals surface area (Å²) in [5.41, 5.74) is 1.79. The molecule has 102 valence electrons. The molecule has 6 nitrogen and oxygen atoms in total. The van der Waals surface area contributed by atoms with Gasteiger partial charge in [0.15, 0.2) is 5.65 Å². The highest BCUT2D eigenvalue weighted by Crippen LogP contribution is 2.25. The van der Waals surface area contributed by atoms with Gasteiger partial charge in [-0.2, -0.15) is 15.1 Å². The molecule has 20 heavy (non-hydrogen) atoms. The number of benzene rings is 1. The monoisotopic (exact) mass is 268 g/mol. The van der Waals surface area contributed by atoms with Crippen LogP contribution in [0.15, 0.2) is 36.5 Å². The Bertz CT molecular complexity index is 732. The molecule has 0 saturated heterocycles. The topological polar surface area (TPSA) is 58.9 Å². The fourth-order valence-electron chi connectivity index (χ4n) is 1.96. The van der Waals surface area contributed by atoms with E-state index in [9.17, 15) is 0 Å². The standard InChI is InChI=1S/C14H16N6/c1-19(2)14-17-12(16-10-7-5-4-6-8-10)11-9-15-20(3)13(11)18-14/h4-9H,1-3H3,(H,16,17,18). The molecule has 0 unspecified atom stereocenters. The molecule has 3 aromatic rings. The lowest BCUT2D eigenvalue weighted by atomic mass is 10.3. The first-order valence-electron chi connectivity index (χ1n) is 6.34. The van der Waals surface area contributed by atoms with E-state index in [1.165, 1.54) is 0 Å². The van der Waals surface area contributed by atoms with Gasteiger partial charge in [-0.05, 0) is 12.1 Å². The van der Waals surface area contributed by atoms with E-state index < -0.39 is 0 Å². The van der Waals surface area contributed by atoms with Crippen molar-refractivity contribution in [3.63, 3.8) is 0 Å². The lowest BCUT2D eigenvalue weighted by molar-refractivity contribution is 0.784. The van der Waals surface area contributed by atoms with Crippen LogP contribution in [0.3, 0.4) is 0 Å². The maximum Gasteiger partial charge on any atom is 0.228 e. The largest absolute Gasteiger partial charge is 0.347 e. The second kappa shape index (κ2) is 4.80. The summed E-state index contributed by atoms with van der Waals surface area (Å²) in [5.74, 6) is 1.41. The molecule has 0 bridgehead atoms. The Balaban J connectivity index is 2.13. The van der Waals surface area contributed by atoms with Crippen LogP contribution >= 0.6 is 0 Å². The number of nitrogens with zero attached hydrogens (tertiary/aromatic N) is 5. The van der Waals surface area contributed by atoms with Crippen molar-refractivity contribution in [2.75, 3.05) is 24.3 Å². The molecule has 0 saturated carbocycles. The summed E-state index contributed by atoms with van der Waals surface area (Å²) in [4.78, 5) is 10.9. The van der Waals surface area contributed by atoms with Crippen LogP contribution in [-0.4, -0.2) is 33.8 Å². The Kier molecular flexibility index (Phi) is 2.98. The van der Waals surface area contributed by atoms with Crippen molar-refractivity contribution in [3.05, 3.63) is 36.5 Å². The van der Waals surface area contributed by atoms with Gasteiger partial charge in [-0.3, -0.25) is 4.68 Å². The average molecular weight is 268 g/mol. The summed E-state index contributed by atoms with van der Waals surface area (Å²) in [6.07, 6.45) is 1.78. The molecule has 1 N–H and O–H groups in total. The van der Waals surface area contributed by atoms with Crippen molar-refractivity contribution < 1.29 is 0 Å². The lowest BCUT2D eigenvalue weighted by Gasteiger charge is -2.13. The molecule has 0 atom stereocenters. The normalized spacial score (nSPS) is 10.8. The van der Waals surface area contributed by atoms with E-state index in [4.69, 9.17) is 0 Å². The molecule has 2 heterocycles. The zero-order valence-corrected chi connectivity index (χ0v) is 11.7. The molecule has 0 spiro atoms. The summed E-state index contributed by atoms with van der Waals surface area (Å²) in [6, 6.07) is 9.95. The first kappa shape index (κ1) is 12.4. The zero-order chi connectivity index (χ0) is 14.1. The van der Waals surface area contributed by atoms with Crippen molar-refractivity contribution >= 4 is 28.5 Å². The predicted octanol–water partition coefficient (Wildman–Crippen LogP) is 2.17. The predicted molar refractivity (Wildman–Crippen MR) is 80.4 cm³/mol. The Labute approximate surface area is 117 Å². The molecule has 0 amide bonds. The van der Waals surface area contributed by atoms with Gasteiger partial charge in [-0.15, -0.1) is 0 Å². The summed E-state index contributed by atoms with van der Waals surface area (Å²) in [5, 5.41) is 8.48. The number of hydrogen-bond donors (Lipinski definition) is 1. The highest BCUT2D eigenvalue weighted by atomic mass is 15.3. The molecule has 0 radical (unpaired) electrons. The van der Waals surface area contributed by atoms with Gasteiger partial charge < -0.3 is 10.2 Å². The van der Waals surface area contributed by atoms with Crippen molar-refractivity contribution in [1.82, 2.24) is 19.7 Å². The lowest BCUT2D eigenvalue weighted by Crippen LogP contribution is -2.14. The number of hydrogen-bond acceptors (Lipinski definition) is 5. The molecule has 0 fully saturated rings. The van der Waals surface area contributed by atoms with Crippen LogP contribution in [0.25, 0.3) is 11.0 Å². The van der Waals surface area contributed by atoms with Gasteiger partial charge in [0.1, 0.15) is 5.82 Å². The summed E-state index contributed by atoms with van der Waals surface area (Å²) < 4.78 is 1.75. The SMILES string of the molecule is CN(C)c1nc(Nc2ccccc2)c2cnn(C)c2n1. The number of nitrogens with one attached hydrogen (secondary N) is 1. The van der Waals surface area contributed by atoms with Gasteiger partial charge in [0.05, 0.1) is 11.6 Å². The van der Waals surface area contributed by atoms with E-state index in [1.807, 2.05) is 56.4 Å². The highest BCUT2D eigenvalue weighted by Gasteiger charge is 2.12. The van der Waals surface area contributed by atoms with Crippen LogP contribution in [0.4, 0.5) is 17.5 Å². The zero-order valence-electron chi connectivity index (χ0n) is 11.7. The van der Waals surface area contributed by atoms with E-state index in [0.717, 1.165) is 22.5 Å². The maximum absolute atomic E-state index is 4.56. The molecular formula is C14H16N6. The maximum atomic E-state index is 4.56. The van der Waals surface area contributed by atoms with E-state index in [-0.39, 0.29) is 0 Å². The van der Waals surface area contributed by atoms with Gasteiger partial charge in [0.2, 0.25) is 5.95 Å². The number of rotatable bonds is 3. The Hall–Kier alpha value is -2.63. The van der Waals surface area contributed by atoms with Gasteiger partial charge in [-0.1, -0.05) is 18.2 Å². The highest BCUT2D eigenvalue weighted by molar-refractivity contribution is 5.89. The number of anilines is 3. The van der Waals surface area contributed by atoms with Gasteiger partial charge in [0, 0.05) is 26.8 Å². The second-order valence-electron chi connectivity index (χ2n) is 4.76. The first-order valence-corrected chi connectivity index (χ1v) is 6.34. The third-order valence-electron chi connectivity index (χ3n) is 3.02. The fraction of sp³-hybridized carbons (Fsp3) is 0.214. The van der Waals surface area contributed by atoms with E-state index in [1.54, 1.807) is 10.9 Å². The Morgan fingerprint density at radius 1 is 1.10 bits per heavy atom. The number of fused-ring (bicyclic) bond motifs is 1. The van der Waals surface area contributed by atoms with Gasteiger partial charge in [0.25, 0.3) is 0 Å². The van der Waals surface area contributed by atoms with Crippen LogP contribution in [-0.2, 0) is 7.05 Å². The smallest absolute Gasteiger partial charge is 0.228 e. The minimum absolute atomic E-state index is 0.652. The van der Waals surface area contributed by atoms with Gasteiger partial charge >= 0.3 is 0 Å². The Morgan fingerprint density at radius 3 is 2.55 bits per heavy atom. The molecule has 0 aliphatic heterocycles. The van der Waals surface area contributed by atoms with Crippen molar-refractivity contribution in [3.8, 4) is 0 Å². The third-order valence-corrected chi connectivity index (χ3v) is 3.02. The van der Waals surface area contributed by atoms with Crippen LogP contribution in [0.2, 0.25) is 0 Å². The minimum Gasteiger partial charge on any atom is -0.347 e.